The van der Waals surface area contributed by atoms with Crippen LogP contribution in [0.2, 0.25) is 10.0 Å². The van der Waals surface area contributed by atoms with Gasteiger partial charge in [-0.05, 0) is 55.2 Å². The summed E-state index contributed by atoms with van der Waals surface area (Å²) >= 11 is 12.6. The van der Waals surface area contributed by atoms with E-state index in [1.54, 1.807) is 49.4 Å². The molecule has 0 aliphatic carbocycles. The molecule has 0 radical (unpaired) electrons. The van der Waals surface area contributed by atoms with Crippen LogP contribution < -0.4 is 9.62 Å². The number of aryl methyl sites for hydroxylation is 1. The van der Waals surface area contributed by atoms with Crippen molar-refractivity contribution in [2.24, 2.45) is 0 Å². The molecule has 0 aliphatic rings. The van der Waals surface area contributed by atoms with Gasteiger partial charge in [-0.3, -0.25) is 13.9 Å². The number of nitrogens with zero attached hydrogens (tertiary/aromatic N) is 2. The maximum absolute atomic E-state index is 14.1. The molecule has 10 heteroatoms. The maximum atomic E-state index is 14.1. The molecule has 0 aliphatic heterocycles. The Hall–Kier alpha value is -3.07. The highest BCUT2D eigenvalue weighted by molar-refractivity contribution is 7.92. The van der Waals surface area contributed by atoms with Crippen LogP contribution in [-0.4, -0.2) is 50.0 Å². The average Bonchev–Trinajstić information content (AvgIpc) is 2.90. The largest absolute Gasteiger partial charge is 0.352 e. The van der Waals surface area contributed by atoms with Crippen molar-refractivity contribution in [3.8, 4) is 0 Å². The molecule has 0 heterocycles. The number of hydrogen-bond acceptors (Lipinski definition) is 4. The first-order chi connectivity index (χ1) is 18.9. The Labute approximate surface area is 247 Å². The van der Waals surface area contributed by atoms with Gasteiger partial charge in [0, 0.05) is 29.1 Å². The molecule has 214 valence electrons. The van der Waals surface area contributed by atoms with E-state index >= 15 is 0 Å². The van der Waals surface area contributed by atoms with Crippen LogP contribution in [0.4, 0.5) is 5.69 Å². The third-order valence-electron chi connectivity index (χ3n) is 6.69. The summed E-state index contributed by atoms with van der Waals surface area (Å²) in [6.45, 7) is 5.12. The quantitative estimate of drug-likeness (QED) is 0.291. The Balaban J connectivity index is 2.10. The molecule has 3 aromatic carbocycles. The van der Waals surface area contributed by atoms with Gasteiger partial charge in [-0.2, -0.15) is 0 Å². The molecule has 2 amide bonds. The molecule has 0 saturated heterocycles. The number of amides is 2. The Kier molecular flexibility index (Phi) is 11.0. The Morgan fingerprint density at radius 2 is 1.62 bits per heavy atom. The van der Waals surface area contributed by atoms with Gasteiger partial charge in [0.25, 0.3) is 0 Å². The summed E-state index contributed by atoms with van der Waals surface area (Å²) in [7, 11) is -3.84. The van der Waals surface area contributed by atoms with Gasteiger partial charge in [-0.25, -0.2) is 8.42 Å². The average molecular weight is 605 g/mol. The van der Waals surface area contributed by atoms with Gasteiger partial charge in [0.15, 0.2) is 0 Å². The molecule has 0 spiro atoms. The minimum absolute atomic E-state index is 0.0222. The number of para-hydroxylation sites is 1. The number of carbonyl (C=O) groups is 2. The fourth-order valence-corrected chi connectivity index (χ4v) is 5.64. The molecule has 7 nitrogen and oxygen atoms in total. The maximum Gasteiger partial charge on any atom is 0.244 e. The number of halogens is 2. The number of benzene rings is 3. The van der Waals surface area contributed by atoms with Crippen LogP contribution in [0.1, 0.15) is 37.0 Å². The van der Waals surface area contributed by atoms with Crippen molar-refractivity contribution < 1.29 is 18.0 Å². The molecule has 0 unspecified atom stereocenters. The van der Waals surface area contributed by atoms with Crippen LogP contribution in [0.3, 0.4) is 0 Å². The minimum atomic E-state index is -3.84. The third-order valence-corrected chi connectivity index (χ3v) is 8.40. The van der Waals surface area contributed by atoms with Gasteiger partial charge in [0.2, 0.25) is 21.8 Å². The first kappa shape index (κ1) is 31.5. The normalized spacial score (nSPS) is 12.8. The van der Waals surface area contributed by atoms with E-state index in [1.807, 2.05) is 44.2 Å². The molecule has 0 saturated carbocycles. The van der Waals surface area contributed by atoms with E-state index in [-0.39, 0.29) is 24.9 Å². The number of carbonyl (C=O) groups excluding carboxylic acids is 2. The standard InChI is InChI=1S/C30H35Cl2N3O4S/c1-5-22(3)33-30(37)28(17-23-12-7-6-8-13-23)34(19-24-15-16-25(31)18-26(24)32)29(36)20-35(40(4,38)39)27-14-10-9-11-21(27)2/h6-16,18,22,28H,5,17,19-20H2,1-4H3,(H,33,37)/t22-,28-/m0/s1. The van der Waals surface area contributed by atoms with E-state index in [0.717, 1.165) is 16.1 Å². The summed E-state index contributed by atoms with van der Waals surface area (Å²) in [5.74, 6) is -0.877. The lowest BCUT2D eigenvalue weighted by Gasteiger charge is -2.34. The lowest BCUT2D eigenvalue weighted by Crippen LogP contribution is -2.54. The third kappa shape index (κ3) is 8.46. The molecular formula is C30H35Cl2N3O4S. The molecule has 1 N–H and O–H groups in total. The van der Waals surface area contributed by atoms with E-state index in [2.05, 4.69) is 5.32 Å². The molecule has 2 atom stereocenters. The second kappa shape index (κ2) is 14.0. The predicted molar refractivity (Wildman–Crippen MR) is 162 cm³/mol. The fraction of sp³-hybridized carbons (Fsp3) is 0.333. The van der Waals surface area contributed by atoms with Gasteiger partial charge in [-0.15, -0.1) is 0 Å². The molecule has 0 aromatic heterocycles. The summed E-state index contributed by atoms with van der Waals surface area (Å²) in [5, 5.41) is 3.77. The van der Waals surface area contributed by atoms with Crippen molar-refractivity contribution in [1.29, 1.82) is 0 Å². The van der Waals surface area contributed by atoms with Crippen molar-refractivity contribution in [2.45, 2.75) is 52.2 Å². The van der Waals surface area contributed by atoms with E-state index in [1.165, 1.54) is 4.90 Å². The van der Waals surface area contributed by atoms with Crippen molar-refractivity contribution >= 4 is 50.7 Å². The summed E-state index contributed by atoms with van der Waals surface area (Å²) in [6, 6.07) is 20.2. The van der Waals surface area contributed by atoms with E-state index < -0.39 is 28.5 Å². The van der Waals surface area contributed by atoms with Gasteiger partial charge >= 0.3 is 0 Å². The highest BCUT2D eigenvalue weighted by atomic mass is 35.5. The second-order valence-corrected chi connectivity index (χ2v) is 12.6. The number of rotatable bonds is 12. The number of hydrogen-bond donors (Lipinski definition) is 1. The summed E-state index contributed by atoms with van der Waals surface area (Å²) in [6.07, 6.45) is 1.99. The lowest BCUT2D eigenvalue weighted by molar-refractivity contribution is -0.140. The highest BCUT2D eigenvalue weighted by Crippen LogP contribution is 2.26. The number of sulfonamides is 1. The van der Waals surface area contributed by atoms with Gasteiger partial charge < -0.3 is 10.2 Å². The lowest BCUT2D eigenvalue weighted by atomic mass is 10.0. The van der Waals surface area contributed by atoms with Crippen LogP contribution >= 0.6 is 23.2 Å². The topological polar surface area (TPSA) is 86.8 Å². The first-order valence-corrected chi connectivity index (χ1v) is 15.6. The zero-order valence-electron chi connectivity index (χ0n) is 23.1. The van der Waals surface area contributed by atoms with Crippen molar-refractivity contribution in [2.75, 3.05) is 17.1 Å². The summed E-state index contributed by atoms with van der Waals surface area (Å²) in [4.78, 5) is 29.3. The second-order valence-electron chi connectivity index (χ2n) is 9.84. The van der Waals surface area contributed by atoms with Crippen LogP contribution in [0, 0.1) is 6.92 Å². The highest BCUT2D eigenvalue weighted by Gasteiger charge is 2.34. The van der Waals surface area contributed by atoms with Crippen LogP contribution in [0.15, 0.2) is 72.8 Å². The fourth-order valence-electron chi connectivity index (χ4n) is 4.27. The van der Waals surface area contributed by atoms with Crippen LogP contribution in [-0.2, 0) is 32.6 Å². The number of anilines is 1. The predicted octanol–water partition coefficient (Wildman–Crippen LogP) is 5.62. The van der Waals surface area contributed by atoms with Crippen LogP contribution in [0.5, 0.6) is 0 Å². The molecule has 40 heavy (non-hydrogen) atoms. The van der Waals surface area contributed by atoms with E-state index in [4.69, 9.17) is 23.2 Å². The van der Waals surface area contributed by atoms with Crippen molar-refractivity contribution in [1.82, 2.24) is 10.2 Å². The molecule has 0 bridgehead atoms. The molecule has 3 aromatic rings. The SMILES string of the molecule is CC[C@H](C)NC(=O)[C@H](Cc1ccccc1)N(Cc1ccc(Cl)cc1Cl)C(=O)CN(c1ccccc1C)S(C)(=O)=O. The summed E-state index contributed by atoms with van der Waals surface area (Å²) in [5.41, 5.74) is 2.52. The van der Waals surface area contributed by atoms with Crippen molar-refractivity contribution in [3.05, 3.63) is 99.5 Å². The van der Waals surface area contributed by atoms with E-state index in [0.29, 0.717) is 33.3 Å². The zero-order chi connectivity index (χ0) is 29.4. The summed E-state index contributed by atoms with van der Waals surface area (Å²) < 4.78 is 26.9. The molecule has 3 rings (SSSR count). The monoisotopic (exact) mass is 603 g/mol. The van der Waals surface area contributed by atoms with Gasteiger partial charge in [-0.1, -0.05) is 84.7 Å². The Morgan fingerprint density at radius 1 is 0.975 bits per heavy atom. The molecular weight excluding hydrogens is 569 g/mol. The van der Waals surface area contributed by atoms with Crippen LogP contribution in [0.25, 0.3) is 0 Å². The van der Waals surface area contributed by atoms with E-state index in [9.17, 15) is 18.0 Å². The molecule has 0 fully saturated rings. The number of nitrogens with one attached hydrogen (secondary N) is 1. The first-order valence-electron chi connectivity index (χ1n) is 13.0. The van der Waals surface area contributed by atoms with Crippen molar-refractivity contribution in [3.63, 3.8) is 0 Å². The zero-order valence-corrected chi connectivity index (χ0v) is 25.4. The van der Waals surface area contributed by atoms with Gasteiger partial charge in [0.1, 0.15) is 12.6 Å². The minimum Gasteiger partial charge on any atom is -0.352 e. The Morgan fingerprint density at radius 3 is 2.23 bits per heavy atom. The smallest absolute Gasteiger partial charge is 0.244 e. The Bertz CT molecular complexity index is 1430. The van der Waals surface area contributed by atoms with Gasteiger partial charge in [0.05, 0.1) is 11.9 Å².